The van der Waals surface area contributed by atoms with Crippen LogP contribution in [0.3, 0.4) is 0 Å². The fourth-order valence-electron chi connectivity index (χ4n) is 3.19. The molecule has 3 rings (SSSR count). The van der Waals surface area contributed by atoms with Crippen molar-refractivity contribution in [3.63, 3.8) is 0 Å². The maximum absolute atomic E-state index is 12.6. The van der Waals surface area contributed by atoms with Crippen molar-refractivity contribution >= 4 is 5.97 Å². The lowest BCUT2D eigenvalue weighted by atomic mass is 9.90. The van der Waals surface area contributed by atoms with Crippen LogP contribution < -0.4 is 10.3 Å². The number of rotatable bonds is 7. The number of ether oxygens (including phenoxy) is 2. The van der Waals surface area contributed by atoms with E-state index in [1.165, 1.54) is 7.11 Å². The van der Waals surface area contributed by atoms with Crippen LogP contribution in [0.15, 0.2) is 41.3 Å². The average molecular weight is 370 g/mol. The van der Waals surface area contributed by atoms with Gasteiger partial charge in [-0.2, -0.15) is 5.10 Å². The van der Waals surface area contributed by atoms with Gasteiger partial charge in [-0.1, -0.05) is 12.1 Å². The SMILES string of the molecule is COC(=O)CC(c1c(Cc2ccc(OC)cc2)[nH][nH]c1=O)c1ccnn1C. The molecule has 3 aromatic rings. The first-order valence-electron chi connectivity index (χ1n) is 8.50. The Labute approximate surface area is 156 Å². The maximum Gasteiger partial charge on any atom is 0.306 e. The summed E-state index contributed by atoms with van der Waals surface area (Å²) in [5.74, 6) is -0.0922. The molecule has 0 fully saturated rings. The minimum absolute atomic E-state index is 0.0482. The van der Waals surface area contributed by atoms with Crippen LogP contribution in [0, 0.1) is 0 Å². The zero-order valence-electron chi connectivity index (χ0n) is 15.5. The Hall–Kier alpha value is -3.29. The summed E-state index contributed by atoms with van der Waals surface area (Å²) in [5.41, 5.74) is 2.75. The molecule has 142 valence electrons. The van der Waals surface area contributed by atoms with E-state index in [4.69, 9.17) is 9.47 Å². The van der Waals surface area contributed by atoms with Crippen molar-refractivity contribution in [1.82, 2.24) is 20.0 Å². The molecule has 0 radical (unpaired) electrons. The molecule has 0 bridgehead atoms. The van der Waals surface area contributed by atoms with Crippen LogP contribution in [0.4, 0.5) is 0 Å². The first kappa shape index (κ1) is 18.5. The monoisotopic (exact) mass is 370 g/mol. The third-order valence-electron chi connectivity index (χ3n) is 4.60. The number of carbonyl (C=O) groups excluding carboxylic acids is 1. The quantitative estimate of drug-likeness (QED) is 0.617. The van der Waals surface area contributed by atoms with Gasteiger partial charge in [0, 0.05) is 42.5 Å². The Balaban J connectivity index is 1.99. The van der Waals surface area contributed by atoms with E-state index in [0.717, 1.165) is 22.7 Å². The third kappa shape index (κ3) is 3.94. The van der Waals surface area contributed by atoms with E-state index in [9.17, 15) is 9.59 Å². The number of hydrogen-bond donors (Lipinski definition) is 2. The van der Waals surface area contributed by atoms with Gasteiger partial charge in [-0.15, -0.1) is 0 Å². The fraction of sp³-hybridized carbons (Fsp3) is 0.316. The van der Waals surface area contributed by atoms with Crippen LogP contribution in [-0.4, -0.2) is 40.2 Å². The molecule has 2 N–H and O–H groups in total. The smallest absolute Gasteiger partial charge is 0.306 e. The van der Waals surface area contributed by atoms with Gasteiger partial charge in [-0.3, -0.25) is 19.4 Å². The number of aryl methyl sites for hydroxylation is 1. The minimum atomic E-state index is -0.465. The van der Waals surface area contributed by atoms with Gasteiger partial charge in [0.05, 0.1) is 20.6 Å². The molecule has 27 heavy (non-hydrogen) atoms. The molecule has 0 spiro atoms. The zero-order chi connectivity index (χ0) is 19.4. The van der Waals surface area contributed by atoms with Crippen LogP contribution in [0.2, 0.25) is 0 Å². The highest BCUT2D eigenvalue weighted by Gasteiger charge is 2.27. The van der Waals surface area contributed by atoms with E-state index >= 15 is 0 Å². The Morgan fingerprint density at radius 1 is 1.19 bits per heavy atom. The number of benzene rings is 1. The van der Waals surface area contributed by atoms with Crippen LogP contribution in [0.25, 0.3) is 0 Å². The standard InChI is InChI=1S/C19H22N4O4/c1-23-16(8-9-20-23)14(11-17(24)27-3)18-15(21-22-19(18)25)10-12-4-6-13(26-2)7-5-12/h4-9,14H,10-11H2,1-3H3,(H2,21,22,25). The van der Waals surface area contributed by atoms with Crippen molar-refractivity contribution in [3.05, 3.63) is 69.4 Å². The number of aromatic nitrogens is 4. The predicted molar refractivity (Wildman–Crippen MR) is 98.9 cm³/mol. The lowest BCUT2D eigenvalue weighted by Crippen LogP contribution is -2.20. The second-order valence-electron chi connectivity index (χ2n) is 6.21. The molecule has 2 aromatic heterocycles. The molecular weight excluding hydrogens is 348 g/mol. The van der Waals surface area contributed by atoms with Gasteiger partial charge in [0.15, 0.2) is 0 Å². The van der Waals surface area contributed by atoms with E-state index in [1.54, 1.807) is 31.1 Å². The summed E-state index contributed by atoms with van der Waals surface area (Å²) in [4.78, 5) is 24.5. The van der Waals surface area contributed by atoms with Gasteiger partial charge in [-0.05, 0) is 23.8 Å². The normalized spacial score (nSPS) is 12.0. The molecule has 1 unspecified atom stereocenters. The highest BCUT2D eigenvalue weighted by molar-refractivity contribution is 5.71. The van der Waals surface area contributed by atoms with Crippen molar-refractivity contribution in [2.24, 2.45) is 7.05 Å². The lowest BCUT2D eigenvalue weighted by Gasteiger charge is -2.16. The van der Waals surface area contributed by atoms with Crippen molar-refractivity contribution in [2.45, 2.75) is 18.8 Å². The summed E-state index contributed by atoms with van der Waals surface area (Å²) in [6, 6.07) is 9.41. The van der Waals surface area contributed by atoms with Crippen LogP contribution in [0.5, 0.6) is 5.75 Å². The topological polar surface area (TPSA) is 102 Å². The van der Waals surface area contributed by atoms with Gasteiger partial charge >= 0.3 is 5.97 Å². The van der Waals surface area contributed by atoms with E-state index in [-0.39, 0.29) is 12.0 Å². The number of aromatic amines is 2. The summed E-state index contributed by atoms with van der Waals surface area (Å²) in [5, 5.41) is 9.77. The molecule has 0 saturated carbocycles. The van der Waals surface area contributed by atoms with Crippen LogP contribution in [0.1, 0.15) is 34.9 Å². The van der Waals surface area contributed by atoms with E-state index in [2.05, 4.69) is 15.3 Å². The molecular formula is C19H22N4O4. The third-order valence-corrected chi connectivity index (χ3v) is 4.60. The number of hydrogen-bond acceptors (Lipinski definition) is 5. The molecule has 1 atom stereocenters. The summed E-state index contributed by atoms with van der Waals surface area (Å²) < 4.78 is 11.7. The van der Waals surface area contributed by atoms with Gasteiger partial charge in [0.2, 0.25) is 0 Å². The number of methoxy groups -OCH3 is 2. The largest absolute Gasteiger partial charge is 0.497 e. The highest BCUT2D eigenvalue weighted by Crippen LogP contribution is 2.29. The van der Waals surface area contributed by atoms with Crippen molar-refractivity contribution in [1.29, 1.82) is 0 Å². The number of H-pyrrole nitrogens is 2. The molecule has 0 saturated heterocycles. The van der Waals surface area contributed by atoms with E-state index in [1.807, 2.05) is 24.3 Å². The molecule has 0 aliphatic carbocycles. The molecule has 0 amide bonds. The highest BCUT2D eigenvalue weighted by atomic mass is 16.5. The Morgan fingerprint density at radius 2 is 1.93 bits per heavy atom. The molecule has 1 aromatic carbocycles. The van der Waals surface area contributed by atoms with E-state index < -0.39 is 11.9 Å². The maximum atomic E-state index is 12.6. The van der Waals surface area contributed by atoms with Gasteiger partial charge in [-0.25, -0.2) is 0 Å². The molecule has 8 heteroatoms. The number of carbonyl (C=O) groups is 1. The molecule has 2 heterocycles. The Bertz CT molecular complexity index is 968. The second-order valence-corrected chi connectivity index (χ2v) is 6.21. The van der Waals surface area contributed by atoms with E-state index in [0.29, 0.717) is 12.0 Å². The van der Waals surface area contributed by atoms with Gasteiger partial charge < -0.3 is 14.6 Å². The van der Waals surface area contributed by atoms with Gasteiger partial charge in [0.1, 0.15) is 5.75 Å². The predicted octanol–water partition coefficient (Wildman–Crippen LogP) is 1.73. The lowest BCUT2D eigenvalue weighted by molar-refractivity contribution is -0.140. The summed E-state index contributed by atoms with van der Waals surface area (Å²) in [6.45, 7) is 0. The summed E-state index contributed by atoms with van der Waals surface area (Å²) >= 11 is 0. The number of nitrogens with one attached hydrogen (secondary N) is 2. The first-order valence-corrected chi connectivity index (χ1v) is 8.50. The molecule has 8 nitrogen and oxygen atoms in total. The summed E-state index contributed by atoms with van der Waals surface area (Å²) in [7, 11) is 4.73. The second kappa shape index (κ2) is 7.94. The Kier molecular flexibility index (Phi) is 5.44. The van der Waals surface area contributed by atoms with Crippen LogP contribution in [-0.2, 0) is 23.0 Å². The molecule has 0 aliphatic rings. The molecule has 0 aliphatic heterocycles. The van der Waals surface area contributed by atoms with Crippen molar-refractivity contribution in [3.8, 4) is 5.75 Å². The van der Waals surface area contributed by atoms with Gasteiger partial charge in [0.25, 0.3) is 5.56 Å². The van der Waals surface area contributed by atoms with Crippen molar-refractivity contribution in [2.75, 3.05) is 14.2 Å². The van der Waals surface area contributed by atoms with Crippen molar-refractivity contribution < 1.29 is 14.3 Å². The average Bonchev–Trinajstić information content (AvgIpc) is 3.26. The summed E-state index contributed by atoms with van der Waals surface area (Å²) in [6.07, 6.45) is 2.20. The Morgan fingerprint density at radius 3 is 2.52 bits per heavy atom. The minimum Gasteiger partial charge on any atom is -0.497 e. The first-order chi connectivity index (χ1) is 13.0. The number of esters is 1. The van der Waals surface area contributed by atoms with Crippen LogP contribution >= 0.6 is 0 Å². The number of nitrogens with zero attached hydrogens (tertiary/aromatic N) is 2. The fourth-order valence-corrected chi connectivity index (χ4v) is 3.19. The zero-order valence-corrected chi connectivity index (χ0v) is 15.5.